The molecule has 126 valence electrons. The predicted octanol–water partition coefficient (Wildman–Crippen LogP) is 2.42. The molecular weight excluding hydrogens is 314 g/mol. The summed E-state index contributed by atoms with van der Waals surface area (Å²) < 4.78 is 21.2. The highest BCUT2D eigenvalue weighted by molar-refractivity contribution is 6.03. The largest absolute Gasteiger partial charge is 0.504 e. The molecule has 2 N–H and O–H groups in total. The van der Waals surface area contributed by atoms with Crippen molar-refractivity contribution in [2.45, 2.75) is 0 Å². The molecule has 1 aromatic heterocycles. The lowest BCUT2D eigenvalue weighted by Crippen LogP contribution is -2.08. The van der Waals surface area contributed by atoms with Crippen molar-refractivity contribution in [2.75, 3.05) is 28.4 Å². The van der Waals surface area contributed by atoms with Gasteiger partial charge in [-0.25, -0.2) is 0 Å². The van der Waals surface area contributed by atoms with Crippen LogP contribution in [-0.4, -0.2) is 38.5 Å². The number of aromatic amines is 1. The van der Waals surface area contributed by atoms with Crippen LogP contribution in [-0.2, 0) is 0 Å². The Balaban J connectivity index is 2.64. The Bertz CT molecular complexity index is 992. The molecule has 1 heterocycles. The van der Waals surface area contributed by atoms with Crippen LogP contribution in [0.1, 0.15) is 0 Å². The molecule has 3 aromatic rings. The van der Waals surface area contributed by atoms with Crippen LogP contribution < -0.4 is 24.4 Å². The van der Waals surface area contributed by atoms with Crippen molar-refractivity contribution in [1.29, 1.82) is 0 Å². The SMILES string of the molecule is COc1c(OC)c(O)c2c(=O)c3cccc(OC)c3[nH]c2c1OC. The quantitative estimate of drug-likeness (QED) is 0.714. The summed E-state index contributed by atoms with van der Waals surface area (Å²) in [7, 11) is 5.76. The third-order valence-electron chi connectivity index (χ3n) is 3.92. The summed E-state index contributed by atoms with van der Waals surface area (Å²) in [5, 5.41) is 11.0. The zero-order chi connectivity index (χ0) is 17.4. The maximum Gasteiger partial charge on any atom is 0.209 e. The summed E-state index contributed by atoms with van der Waals surface area (Å²) in [6.07, 6.45) is 0. The zero-order valence-corrected chi connectivity index (χ0v) is 13.7. The van der Waals surface area contributed by atoms with Gasteiger partial charge in [0.25, 0.3) is 0 Å². The van der Waals surface area contributed by atoms with Crippen LogP contribution >= 0.6 is 0 Å². The van der Waals surface area contributed by atoms with Crippen molar-refractivity contribution < 1.29 is 24.1 Å². The van der Waals surface area contributed by atoms with E-state index in [1.807, 2.05) is 0 Å². The molecule has 0 aliphatic rings. The van der Waals surface area contributed by atoms with Crippen molar-refractivity contribution in [1.82, 2.24) is 4.98 Å². The molecule has 0 saturated carbocycles. The van der Waals surface area contributed by atoms with Crippen LogP contribution in [0.3, 0.4) is 0 Å². The van der Waals surface area contributed by atoms with Gasteiger partial charge in [-0.15, -0.1) is 0 Å². The number of H-pyrrole nitrogens is 1. The number of phenols is 1. The number of para-hydroxylation sites is 1. The monoisotopic (exact) mass is 331 g/mol. The summed E-state index contributed by atoms with van der Waals surface area (Å²) in [6.45, 7) is 0. The molecular formula is C17H17NO6. The van der Waals surface area contributed by atoms with Gasteiger partial charge in [-0.1, -0.05) is 6.07 Å². The second-order valence-corrected chi connectivity index (χ2v) is 5.04. The second-order valence-electron chi connectivity index (χ2n) is 5.04. The molecule has 0 radical (unpaired) electrons. The number of nitrogens with one attached hydrogen (secondary N) is 1. The number of hydrogen-bond donors (Lipinski definition) is 2. The summed E-state index contributed by atoms with van der Waals surface area (Å²) >= 11 is 0. The Morgan fingerprint density at radius 1 is 0.875 bits per heavy atom. The Labute approximate surface area is 137 Å². The lowest BCUT2D eigenvalue weighted by atomic mass is 10.1. The third-order valence-corrected chi connectivity index (χ3v) is 3.92. The van der Waals surface area contributed by atoms with Gasteiger partial charge in [-0.3, -0.25) is 4.79 Å². The van der Waals surface area contributed by atoms with Gasteiger partial charge >= 0.3 is 0 Å². The maximum absolute atomic E-state index is 12.9. The van der Waals surface area contributed by atoms with E-state index in [1.165, 1.54) is 28.4 Å². The highest BCUT2D eigenvalue weighted by Gasteiger charge is 2.25. The summed E-state index contributed by atoms with van der Waals surface area (Å²) in [5.74, 6) is 0.676. The Hall–Kier alpha value is -3.09. The van der Waals surface area contributed by atoms with E-state index in [0.717, 1.165) is 0 Å². The molecule has 7 heteroatoms. The summed E-state index contributed by atoms with van der Waals surface area (Å²) in [4.78, 5) is 16.0. The predicted molar refractivity (Wildman–Crippen MR) is 89.9 cm³/mol. The van der Waals surface area contributed by atoms with Crippen LogP contribution in [0.5, 0.6) is 28.7 Å². The van der Waals surface area contributed by atoms with E-state index in [4.69, 9.17) is 18.9 Å². The Morgan fingerprint density at radius 3 is 2.12 bits per heavy atom. The number of hydrogen-bond acceptors (Lipinski definition) is 6. The minimum Gasteiger partial charge on any atom is -0.504 e. The Kier molecular flexibility index (Phi) is 3.84. The number of aromatic nitrogens is 1. The zero-order valence-electron chi connectivity index (χ0n) is 13.7. The number of pyridine rings is 1. The van der Waals surface area contributed by atoms with Crippen molar-refractivity contribution in [3.8, 4) is 28.7 Å². The van der Waals surface area contributed by atoms with Gasteiger partial charge in [0.1, 0.15) is 11.3 Å². The molecule has 0 atom stereocenters. The average Bonchev–Trinajstić information content (AvgIpc) is 2.60. The molecule has 0 amide bonds. The molecule has 24 heavy (non-hydrogen) atoms. The van der Waals surface area contributed by atoms with Crippen molar-refractivity contribution in [2.24, 2.45) is 0 Å². The lowest BCUT2D eigenvalue weighted by Gasteiger charge is -2.17. The van der Waals surface area contributed by atoms with Crippen molar-refractivity contribution >= 4 is 21.8 Å². The molecule has 0 unspecified atom stereocenters. The van der Waals surface area contributed by atoms with Gasteiger partial charge in [0.05, 0.1) is 44.7 Å². The first-order valence-electron chi connectivity index (χ1n) is 7.12. The molecule has 0 aliphatic carbocycles. The number of benzene rings is 2. The highest BCUT2D eigenvalue weighted by atomic mass is 16.5. The topological polar surface area (TPSA) is 90.0 Å². The van der Waals surface area contributed by atoms with Gasteiger partial charge in [-0.05, 0) is 12.1 Å². The minimum absolute atomic E-state index is 0.0367. The standard InChI is InChI=1S/C17H17NO6/c1-21-9-7-5-6-8-11(9)18-12-10(13(8)19)14(20)16(23-3)17(24-4)15(12)22-2/h5-7,20H,1-4H3,(H,18,19). The number of aromatic hydroxyl groups is 1. The smallest absolute Gasteiger partial charge is 0.209 e. The lowest BCUT2D eigenvalue weighted by molar-refractivity contribution is 0.314. The van der Waals surface area contributed by atoms with Crippen molar-refractivity contribution in [3.05, 3.63) is 28.4 Å². The fourth-order valence-corrected chi connectivity index (χ4v) is 2.86. The van der Waals surface area contributed by atoms with E-state index in [-0.39, 0.29) is 33.8 Å². The normalized spacial score (nSPS) is 10.8. The van der Waals surface area contributed by atoms with Crippen LogP contribution in [0.2, 0.25) is 0 Å². The number of fused-ring (bicyclic) bond motifs is 2. The first-order valence-corrected chi connectivity index (χ1v) is 7.12. The van der Waals surface area contributed by atoms with E-state index in [2.05, 4.69) is 4.98 Å². The van der Waals surface area contributed by atoms with Gasteiger partial charge < -0.3 is 29.0 Å². The first-order chi connectivity index (χ1) is 11.6. The third kappa shape index (κ3) is 2.01. The molecule has 0 bridgehead atoms. The van der Waals surface area contributed by atoms with Crippen LogP contribution in [0.25, 0.3) is 21.8 Å². The fourth-order valence-electron chi connectivity index (χ4n) is 2.86. The molecule has 0 spiro atoms. The van der Waals surface area contributed by atoms with Gasteiger partial charge in [0.2, 0.25) is 16.9 Å². The molecule has 3 rings (SSSR count). The average molecular weight is 331 g/mol. The van der Waals surface area contributed by atoms with Crippen LogP contribution in [0, 0.1) is 0 Å². The van der Waals surface area contributed by atoms with E-state index >= 15 is 0 Å². The molecule has 0 fully saturated rings. The van der Waals surface area contributed by atoms with Crippen LogP contribution in [0.15, 0.2) is 23.0 Å². The Morgan fingerprint density at radius 2 is 1.54 bits per heavy atom. The molecule has 0 saturated heterocycles. The molecule has 0 aliphatic heterocycles. The second kappa shape index (κ2) is 5.84. The number of rotatable bonds is 4. The molecule has 7 nitrogen and oxygen atoms in total. The molecule has 2 aromatic carbocycles. The van der Waals surface area contributed by atoms with E-state index in [9.17, 15) is 9.90 Å². The van der Waals surface area contributed by atoms with Gasteiger partial charge in [0.15, 0.2) is 11.5 Å². The highest BCUT2D eigenvalue weighted by Crippen LogP contribution is 2.49. The van der Waals surface area contributed by atoms with Crippen molar-refractivity contribution in [3.63, 3.8) is 0 Å². The minimum atomic E-state index is -0.366. The summed E-state index contributed by atoms with van der Waals surface area (Å²) in [6, 6.07) is 5.09. The number of methoxy groups -OCH3 is 4. The van der Waals surface area contributed by atoms with Crippen LogP contribution in [0.4, 0.5) is 0 Å². The van der Waals surface area contributed by atoms with E-state index < -0.39 is 0 Å². The summed E-state index contributed by atoms with van der Waals surface area (Å²) in [5.41, 5.74) is 0.437. The van der Waals surface area contributed by atoms with Gasteiger partial charge in [0, 0.05) is 0 Å². The number of ether oxygens (including phenoxy) is 4. The maximum atomic E-state index is 12.9. The number of phenolic OH excluding ortho intramolecular Hbond substituents is 1. The fraction of sp³-hybridized carbons (Fsp3) is 0.235. The van der Waals surface area contributed by atoms with E-state index in [0.29, 0.717) is 22.2 Å². The van der Waals surface area contributed by atoms with E-state index in [1.54, 1.807) is 18.2 Å². The van der Waals surface area contributed by atoms with Gasteiger partial charge in [-0.2, -0.15) is 0 Å². The first kappa shape index (κ1) is 15.8.